The Labute approximate surface area is 173 Å². The van der Waals surface area contributed by atoms with Gasteiger partial charge in [0.15, 0.2) is 17.3 Å². The zero-order valence-corrected chi connectivity index (χ0v) is 16.8. The van der Waals surface area contributed by atoms with Crippen molar-refractivity contribution in [3.05, 3.63) is 47.8 Å². The van der Waals surface area contributed by atoms with Gasteiger partial charge in [0.2, 0.25) is 0 Å². The van der Waals surface area contributed by atoms with Crippen LogP contribution >= 0.6 is 0 Å². The fraction of sp³-hybridized carbons (Fsp3) is 0.364. The van der Waals surface area contributed by atoms with Crippen LogP contribution in [0.3, 0.4) is 0 Å². The second-order valence-electron chi connectivity index (χ2n) is 8.35. The quantitative estimate of drug-likeness (QED) is 0.663. The molecule has 1 saturated carbocycles. The minimum Gasteiger partial charge on any atom is -0.448 e. The third-order valence-corrected chi connectivity index (χ3v) is 6.05. The number of rotatable bonds is 3. The number of carbonyl (C=O) groups is 1. The van der Waals surface area contributed by atoms with Gasteiger partial charge in [-0.1, -0.05) is 6.07 Å². The Morgan fingerprint density at radius 3 is 2.67 bits per heavy atom. The van der Waals surface area contributed by atoms with Crippen molar-refractivity contribution >= 4 is 11.7 Å². The van der Waals surface area contributed by atoms with E-state index in [9.17, 15) is 4.79 Å². The summed E-state index contributed by atoms with van der Waals surface area (Å²) < 4.78 is 14.0. The number of aromatic nitrogens is 4. The lowest BCUT2D eigenvalue weighted by atomic mass is 9.91. The van der Waals surface area contributed by atoms with Gasteiger partial charge >= 0.3 is 0 Å². The highest BCUT2D eigenvalue weighted by atomic mass is 16.7. The molecule has 30 heavy (non-hydrogen) atoms. The molecule has 1 fully saturated rings. The second-order valence-corrected chi connectivity index (χ2v) is 8.35. The summed E-state index contributed by atoms with van der Waals surface area (Å²) in [6.07, 6.45) is 4.59. The Kier molecular flexibility index (Phi) is 3.51. The molecule has 1 aliphatic carbocycles. The number of hydrogen-bond donors (Lipinski definition) is 0. The van der Waals surface area contributed by atoms with Crippen LogP contribution in [0.2, 0.25) is 0 Å². The lowest BCUT2D eigenvalue weighted by Gasteiger charge is -2.35. The zero-order valence-electron chi connectivity index (χ0n) is 16.8. The van der Waals surface area contributed by atoms with E-state index in [4.69, 9.17) is 14.5 Å². The normalized spacial score (nSPS) is 18.2. The smallest absolute Gasteiger partial charge is 0.260 e. The first-order valence-electron chi connectivity index (χ1n) is 10.3. The van der Waals surface area contributed by atoms with Crippen LogP contribution in [0.4, 0.5) is 5.82 Å². The van der Waals surface area contributed by atoms with Crippen molar-refractivity contribution in [2.75, 3.05) is 4.90 Å². The molecule has 1 amide bonds. The van der Waals surface area contributed by atoms with E-state index in [0.29, 0.717) is 35.2 Å². The fourth-order valence-corrected chi connectivity index (χ4v) is 4.26. The van der Waals surface area contributed by atoms with E-state index in [1.807, 2.05) is 34.9 Å². The first-order chi connectivity index (χ1) is 14.5. The topological polar surface area (TPSA) is 82.4 Å². The van der Waals surface area contributed by atoms with Crippen LogP contribution in [-0.2, 0) is 6.54 Å². The molecule has 1 spiro atoms. The molecular weight excluding hydrogens is 382 g/mol. The monoisotopic (exact) mass is 403 g/mol. The van der Waals surface area contributed by atoms with Crippen LogP contribution in [-0.4, -0.2) is 31.4 Å². The van der Waals surface area contributed by atoms with Crippen molar-refractivity contribution in [3.8, 4) is 23.0 Å². The molecule has 0 unspecified atom stereocenters. The van der Waals surface area contributed by atoms with Crippen molar-refractivity contribution in [1.29, 1.82) is 0 Å². The predicted molar refractivity (Wildman–Crippen MR) is 108 cm³/mol. The zero-order chi connectivity index (χ0) is 20.5. The van der Waals surface area contributed by atoms with E-state index >= 15 is 0 Å². The number of fused-ring (bicyclic) bond motifs is 2. The number of hydrogen-bond acceptors (Lipinski definition) is 6. The molecule has 1 aromatic carbocycles. The van der Waals surface area contributed by atoms with Crippen LogP contribution in [0.1, 0.15) is 55.1 Å². The maximum absolute atomic E-state index is 13.2. The van der Waals surface area contributed by atoms with Crippen molar-refractivity contribution < 1.29 is 14.3 Å². The minimum atomic E-state index is -0.498. The Morgan fingerprint density at radius 2 is 1.93 bits per heavy atom. The van der Waals surface area contributed by atoms with Crippen LogP contribution in [0.5, 0.6) is 11.5 Å². The summed E-state index contributed by atoms with van der Waals surface area (Å²) in [5.41, 5.74) is 2.26. The molecule has 3 aliphatic rings. The minimum absolute atomic E-state index is 0.0825. The molecule has 152 valence electrons. The second kappa shape index (κ2) is 6.04. The summed E-state index contributed by atoms with van der Waals surface area (Å²) in [7, 11) is 0. The Balaban J connectivity index is 1.32. The standard InChI is InChI=1S/C22H21N5O3/c1-13(2)27-12-23-25-20(27)16-5-3-6-19(24-16)26-11-14-9-17-18(10-15(14)21(26)28)30-22(29-17)7-4-8-22/h3,5-6,9-10,12-13H,4,7-8,11H2,1-2H3. The van der Waals surface area contributed by atoms with Gasteiger partial charge in [0.05, 0.1) is 6.54 Å². The largest absolute Gasteiger partial charge is 0.448 e. The Morgan fingerprint density at radius 1 is 1.13 bits per heavy atom. The van der Waals surface area contributed by atoms with Gasteiger partial charge in [-0.25, -0.2) is 4.98 Å². The number of carbonyl (C=O) groups excluding carboxylic acids is 1. The number of benzene rings is 1. The van der Waals surface area contributed by atoms with Gasteiger partial charge in [-0.2, -0.15) is 0 Å². The SMILES string of the molecule is CC(C)n1cnnc1-c1cccc(N2Cc3cc4c(cc3C2=O)OC2(CCC2)O4)n1. The summed E-state index contributed by atoms with van der Waals surface area (Å²) in [6, 6.07) is 9.58. The molecule has 0 N–H and O–H groups in total. The van der Waals surface area contributed by atoms with Crippen molar-refractivity contribution in [3.63, 3.8) is 0 Å². The summed E-state index contributed by atoms with van der Waals surface area (Å²) in [5, 5.41) is 8.23. The fourth-order valence-electron chi connectivity index (χ4n) is 4.26. The highest BCUT2D eigenvalue weighted by Crippen LogP contribution is 2.50. The Hall–Kier alpha value is -3.42. The maximum Gasteiger partial charge on any atom is 0.260 e. The molecule has 4 heterocycles. The van der Waals surface area contributed by atoms with Crippen molar-refractivity contribution in [2.24, 2.45) is 0 Å². The molecule has 0 atom stereocenters. The maximum atomic E-state index is 13.2. The summed E-state index contributed by atoms with van der Waals surface area (Å²) in [5.74, 6) is 2.08. The molecule has 0 radical (unpaired) electrons. The number of amides is 1. The van der Waals surface area contributed by atoms with Crippen LogP contribution in [0, 0.1) is 0 Å². The lowest BCUT2D eigenvalue weighted by Crippen LogP contribution is -2.45. The number of nitrogens with zero attached hydrogens (tertiary/aromatic N) is 5. The molecule has 6 rings (SSSR count). The Bertz CT molecular complexity index is 1180. The molecule has 8 heteroatoms. The summed E-state index contributed by atoms with van der Waals surface area (Å²) >= 11 is 0. The van der Waals surface area contributed by atoms with Crippen LogP contribution < -0.4 is 14.4 Å². The van der Waals surface area contributed by atoms with E-state index in [2.05, 4.69) is 24.0 Å². The van der Waals surface area contributed by atoms with Gasteiger partial charge in [-0.05, 0) is 50.1 Å². The van der Waals surface area contributed by atoms with E-state index in [1.165, 1.54) is 0 Å². The molecule has 2 aromatic heterocycles. The highest BCUT2D eigenvalue weighted by Gasteiger charge is 2.48. The van der Waals surface area contributed by atoms with Crippen LogP contribution in [0.25, 0.3) is 11.5 Å². The third-order valence-electron chi connectivity index (χ3n) is 6.05. The number of pyridine rings is 1. The van der Waals surface area contributed by atoms with E-state index in [0.717, 1.165) is 30.6 Å². The van der Waals surface area contributed by atoms with Gasteiger partial charge in [0.25, 0.3) is 11.7 Å². The third kappa shape index (κ3) is 2.46. The highest BCUT2D eigenvalue weighted by molar-refractivity contribution is 6.10. The predicted octanol–water partition coefficient (Wildman–Crippen LogP) is 3.73. The van der Waals surface area contributed by atoms with Gasteiger partial charge < -0.3 is 14.0 Å². The van der Waals surface area contributed by atoms with Gasteiger partial charge in [0.1, 0.15) is 17.8 Å². The van der Waals surface area contributed by atoms with Gasteiger partial charge in [-0.15, -0.1) is 10.2 Å². The first-order valence-corrected chi connectivity index (χ1v) is 10.3. The van der Waals surface area contributed by atoms with Gasteiger partial charge in [-0.3, -0.25) is 9.69 Å². The molecule has 0 bridgehead atoms. The number of ether oxygens (including phenoxy) is 2. The van der Waals surface area contributed by atoms with E-state index in [-0.39, 0.29) is 11.9 Å². The number of anilines is 1. The average Bonchev–Trinajstić information content (AvgIpc) is 3.41. The van der Waals surface area contributed by atoms with E-state index < -0.39 is 5.79 Å². The molecule has 2 aliphatic heterocycles. The molecule has 8 nitrogen and oxygen atoms in total. The van der Waals surface area contributed by atoms with E-state index in [1.54, 1.807) is 11.2 Å². The van der Waals surface area contributed by atoms with Crippen molar-refractivity contribution in [2.45, 2.75) is 51.5 Å². The first kappa shape index (κ1) is 17.4. The summed E-state index contributed by atoms with van der Waals surface area (Å²) in [6.45, 7) is 4.58. The lowest BCUT2D eigenvalue weighted by molar-refractivity contribution is -0.138. The molecule has 3 aromatic rings. The van der Waals surface area contributed by atoms with Crippen molar-refractivity contribution in [1.82, 2.24) is 19.7 Å². The van der Waals surface area contributed by atoms with Gasteiger partial charge in [0, 0.05) is 24.4 Å². The van der Waals surface area contributed by atoms with Crippen LogP contribution in [0.15, 0.2) is 36.7 Å². The molecule has 0 saturated heterocycles. The summed E-state index contributed by atoms with van der Waals surface area (Å²) in [4.78, 5) is 19.6. The molecular formula is C22H21N5O3. The average molecular weight is 403 g/mol.